The number of aryl methyl sites for hydroxylation is 1. The molecule has 1 aliphatic rings. The lowest BCUT2D eigenvalue weighted by Crippen LogP contribution is -2.14. The molecule has 1 saturated heterocycles. The maximum Gasteiger partial charge on any atom is 0.221 e. The predicted octanol–water partition coefficient (Wildman–Crippen LogP) is 3.67. The van der Waals surface area contributed by atoms with Crippen LogP contribution in [0.4, 0.5) is 0 Å². The summed E-state index contributed by atoms with van der Waals surface area (Å²) in [6.45, 7) is 8.76. The molecule has 0 atom stereocenters. The summed E-state index contributed by atoms with van der Waals surface area (Å²) in [7, 11) is 0. The van der Waals surface area contributed by atoms with Gasteiger partial charge in [-0.1, -0.05) is 20.3 Å². The highest BCUT2D eigenvalue weighted by Gasteiger charge is 2.22. The van der Waals surface area contributed by atoms with E-state index in [1.807, 2.05) is 4.52 Å². The lowest BCUT2D eigenvalue weighted by atomic mass is 9.97. The maximum atomic E-state index is 6.10. The molecule has 5 heteroatoms. The van der Waals surface area contributed by atoms with Gasteiger partial charge in [-0.25, -0.2) is 4.98 Å². The zero-order valence-electron chi connectivity index (χ0n) is 14.5. The Bertz CT molecular complexity index is 660. The first-order valence-electron chi connectivity index (χ1n) is 8.84. The summed E-state index contributed by atoms with van der Waals surface area (Å²) in [5.74, 6) is 1.35. The van der Waals surface area contributed by atoms with Crippen molar-refractivity contribution in [2.24, 2.45) is 0 Å². The van der Waals surface area contributed by atoms with E-state index in [9.17, 15) is 0 Å². The zero-order chi connectivity index (χ0) is 16.2. The minimum absolute atomic E-state index is 0.472. The van der Waals surface area contributed by atoms with Gasteiger partial charge >= 0.3 is 0 Å². The maximum absolute atomic E-state index is 6.10. The number of unbranched alkanes of at least 4 members (excludes halogenated alkanes) is 1. The Kier molecular flexibility index (Phi) is 5.16. The Hall–Kier alpha value is -1.62. The van der Waals surface area contributed by atoms with Gasteiger partial charge < -0.3 is 9.47 Å². The highest BCUT2D eigenvalue weighted by atomic mass is 16.5. The van der Waals surface area contributed by atoms with Crippen molar-refractivity contribution >= 4 is 5.65 Å². The summed E-state index contributed by atoms with van der Waals surface area (Å²) in [6, 6.07) is 2.12. The highest BCUT2D eigenvalue weighted by Crippen LogP contribution is 2.29. The molecule has 0 unspecified atom stereocenters. The fraction of sp³-hybridized carbons (Fsp3) is 0.667. The molecular formula is C18H27N3O2. The van der Waals surface area contributed by atoms with Crippen LogP contribution < -0.4 is 4.74 Å². The Morgan fingerprint density at radius 1 is 1.30 bits per heavy atom. The van der Waals surface area contributed by atoms with Crippen molar-refractivity contribution < 1.29 is 9.47 Å². The molecule has 0 saturated carbocycles. The van der Waals surface area contributed by atoms with E-state index < -0.39 is 0 Å². The van der Waals surface area contributed by atoms with Crippen LogP contribution in [0.3, 0.4) is 0 Å². The summed E-state index contributed by atoms with van der Waals surface area (Å²) in [4.78, 5) is 4.74. The Labute approximate surface area is 138 Å². The molecule has 0 aromatic carbocycles. The van der Waals surface area contributed by atoms with Crippen LogP contribution in [0.2, 0.25) is 0 Å². The van der Waals surface area contributed by atoms with E-state index in [-0.39, 0.29) is 0 Å². The Morgan fingerprint density at radius 3 is 2.78 bits per heavy atom. The molecule has 3 rings (SSSR count). The first kappa shape index (κ1) is 16.2. The number of rotatable bonds is 6. The second kappa shape index (κ2) is 7.30. The highest BCUT2D eigenvalue weighted by molar-refractivity contribution is 5.48. The Balaban J connectivity index is 1.99. The number of hydrogen-bond acceptors (Lipinski definition) is 4. The average molecular weight is 317 g/mol. The van der Waals surface area contributed by atoms with Crippen LogP contribution in [0.5, 0.6) is 5.88 Å². The van der Waals surface area contributed by atoms with Gasteiger partial charge in [-0.05, 0) is 32.6 Å². The van der Waals surface area contributed by atoms with Gasteiger partial charge in [0, 0.05) is 36.5 Å². The van der Waals surface area contributed by atoms with Crippen LogP contribution in [-0.4, -0.2) is 34.4 Å². The molecule has 0 radical (unpaired) electrons. The third-order valence-corrected chi connectivity index (χ3v) is 4.61. The van der Waals surface area contributed by atoms with Gasteiger partial charge in [0.2, 0.25) is 5.88 Å². The van der Waals surface area contributed by atoms with E-state index in [1.165, 1.54) is 0 Å². The van der Waals surface area contributed by atoms with Crippen molar-refractivity contribution in [3.63, 3.8) is 0 Å². The summed E-state index contributed by atoms with van der Waals surface area (Å²) in [5.41, 5.74) is 4.22. The predicted molar refractivity (Wildman–Crippen MR) is 90.3 cm³/mol. The van der Waals surface area contributed by atoms with Crippen LogP contribution in [0.25, 0.3) is 5.65 Å². The smallest absolute Gasteiger partial charge is 0.221 e. The number of ether oxygens (including phenoxy) is 2. The fourth-order valence-electron chi connectivity index (χ4n) is 3.20. The van der Waals surface area contributed by atoms with Gasteiger partial charge in [-0.3, -0.25) is 0 Å². The van der Waals surface area contributed by atoms with Crippen molar-refractivity contribution in [1.82, 2.24) is 14.6 Å². The monoisotopic (exact) mass is 317 g/mol. The first-order chi connectivity index (χ1) is 11.2. The summed E-state index contributed by atoms with van der Waals surface area (Å²) >= 11 is 0. The quantitative estimate of drug-likeness (QED) is 0.763. The van der Waals surface area contributed by atoms with Crippen LogP contribution >= 0.6 is 0 Å². The van der Waals surface area contributed by atoms with Crippen molar-refractivity contribution in [2.75, 3.05) is 19.8 Å². The van der Waals surface area contributed by atoms with Gasteiger partial charge in [0.1, 0.15) is 0 Å². The number of fused-ring (bicyclic) bond motifs is 1. The van der Waals surface area contributed by atoms with E-state index in [2.05, 4.69) is 26.8 Å². The Morgan fingerprint density at radius 2 is 2.09 bits per heavy atom. The zero-order valence-corrected chi connectivity index (χ0v) is 14.5. The molecule has 1 aliphatic heterocycles. The lowest BCUT2D eigenvalue weighted by molar-refractivity contribution is 0.0844. The van der Waals surface area contributed by atoms with Crippen molar-refractivity contribution in [2.45, 2.75) is 58.8 Å². The molecule has 5 nitrogen and oxygen atoms in total. The van der Waals surface area contributed by atoms with E-state index in [1.54, 1.807) is 0 Å². The molecule has 2 aromatic rings. The SMILES string of the molecule is CCCCOc1c(CC)c(C)nc2cc(C3CCOCC3)nn12. The molecule has 23 heavy (non-hydrogen) atoms. The van der Waals surface area contributed by atoms with Gasteiger partial charge in [0.25, 0.3) is 0 Å². The minimum Gasteiger partial charge on any atom is -0.477 e. The molecule has 126 valence electrons. The van der Waals surface area contributed by atoms with E-state index in [0.717, 1.165) is 80.4 Å². The van der Waals surface area contributed by atoms with E-state index in [0.29, 0.717) is 5.92 Å². The lowest BCUT2D eigenvalue weighted by Gasteiger charge is -2.19. The van der Waals surface area contributed by atoms with Crippen molar-refractivity contribution in [3.8, 4) is 5.88 Å². The minimum atomic E-state index is 0.472. The molecular weight excluding hydrogens is 290 g/mol. The summed E-state index contributed by atoms with van der Waals surface area (Å²) < 4.78 is 13.5. The number of hydrogen-bond donors (Lipinski definition) is 0. The topological polar surface area (TPSA) is 48.7 Å². The second-order valence-corrected chi connectivity index (χ2v) is 6.26. The number of nitrogens with zero attached hydrogens (tertiary/aromatic N) is 3. The third kappa shape index (κ3) is 3.34. The van der Waals surface area contributed by atoms with Crippen molar-refractivity contribution in [3.05, 3.63) is 23.0 Å². The largest absolute Gasteiger partial charge is 0.477 e. The molecule has 0 N–H and O–H groups in total. The third-order valence-electron chi connectivity index (χ3n) is 4.61. The normalized spacial score (nSPS) is 16.1. The summed E-state index contributed by atoms with van der Waals surface area (Å²) in [6.07, 6.45) is 5.16. The standard InChI is InChI=1S/C18H27N3O2/c1-4-6-9-23-18-15(5-2)13(3)19-17-12-16(20-21(17)18)14-7-10-22-11-8-14/h12,14H,4-11H2,1-3H3. The first-order valence-corrected chi connectivity index (χ1v) is 8.84. The van der Waals surface area contributed by atoms with Crippen LogP contribution in [0, 0.1) is 6.92 Å². The number of aromatic nitrogens is 3. The van der Waals surface area contributed by atoms with E-state index in [4.69, 9.17) is 19.6 Å². The van der Waals surface area contributed by atoms with Crippen molar-refractivity contribution in [1.29, 1.82) is 0 Å². The molecule has 1 fully saturated rings. The second-order valence-electron chi connectivity index (χ2n) is 6.26. The molecule has 0 spiro atoms. The average Bonchev–Trinajstić information content (AvgIpc) is 2.99. The molecule has 3 heterocycles. The van der Waals surface area contributed by atoms with Gasteiger partial charge in [0.05, 0.1) is 12.3 Å². The molecule has 2 aromatic heterocycles. The van der Waals surface area contributed by atoms with Crippen LogP contribution in [0.15, 0.2) is 6.07 Å². The molecule has 0 aliphatic carbocycles. The summed E-state index contributed by atoms with van der Waals surface area (Å²) in [5, 5.41) is 4.84. The van der Waals surface area contributed by atoms with Gasteiger partial charge in [0.15, 0.2) is 5.65 Å². The molecule has 0 amide bonds. The van der Waals surface area contributed by atoms with Gasteiger partial charge in [-0.2, -0.15) is 9.61 Å². The van der Waals surface area contributed by atoms with Crippen LogP contribution in [-0.2, 0) is 11.2 Å². The fourth-order valence-corrected chi connectivity index (χ4v) is 3.20. The van der Waals surface area contributed by atoms with E-state index >= 15 is 0 Å². The molecule has 0 bridgehead atoms. The van der Waals surface area contributed by atoms with Gasteiger partial charge in [-0.15, -0.1) is 0 Å². The van der Waals surface area contributed by atoms with Crippen LogP contribution in [0.1, 0.15) is 62.4 Å².